The van der Waals surface area contributed by atoms with E-state index in [-0.39, 0.29) is 18.5 Å². The van der Waals surface area contributed by atoms with E-state index >= 15 is 0 Å². The van der Waals surface area contributed by atoms with Gasteiger partial charge in [0.1, 0.15) is 5.75 Å². The third kappa shape index (κ3) is 4.92. The number of ether oxygens (including phenoxy) is 1. The highest BCUT2D eigenvalue weighted by Crippen LogP contribution is 2.29. The van der Waals surface area contributed by atoms with Gasteiger partial charge in [0.05, 0.1) is 12.2 Å². The smallest absolute Gasteiger partial charge is 0.238 e. The molecule has 4 nitrogen and oxygen atoms in total. The molecule has 5 heteroatoms. The Morgan fingerprint density at radius 1 is 1.04 bits per heavy atom. The lowest BCUT2D eigenvalue weighted by molar-refractivity contribution is -0.115. The van der Waals surface area contributed by atoms with Crippen LogP contribution < -0.4 is 15.4 Å². The topological polar surface area (TPSA) is 50.4 Å². The number of para-hydroxylation sites is 3. The van der Waals surface area contributed by atoms with Crippen molar-refractivity contribution in [2.45, 2.75) is 13.0 Å². The van der Waals surface area contributed by atoms with Crippen molar-refractivity contribution >= 4 is 22.9 Å². The number of hydrogen-bond donors (Lipinski definition) is 2. The summed E-state index contributed by atoms with van der Waals surface area (Å²) in [5, 5.41) is 8.17. The molecule has 0 radical (unpaired) electrons. The van der Waals surface area contributed by atoms with Gasteiger partial charge in [-0.15, -0.1) is 11.3 Å². The van der Waals surface area contributed by atoms with E-state index in [0.717, 1.165) is 5.75 Å². The Morgan fingerprint density at radius 2 is 1.80 bits per heavy atom. The van der Waals surface area contributed by atoms with Crippen molar-refractivity contribution in [3.63, 3.8) is 0 Å². The predicted octanol–water partition coefficient (Wildman–Crippen LogP) is 4.83. The van der Waals surface area contributed by atoms with Crippen LogP contribution in [0.25, 0.3) is 0 Å². The van der Waals surface area contributed by atoms with Crippen LogP contribution in [0, 0.1) is 0 Å². The number of carbonyl (C=O) groups is 1. The van der Waals surface area contributed by atoms with Gasteiger partial charge in [0.2, 0.25) is 5.91 Å². The lowest BCUT2D eigenvalue weighted by Gasteiger charge is -2.14. The van der Waals surface area contributed by atoms with Crippen LogP contribution in [0.4, 0.5) is 5.69 Å². The minimum atomic E-state index is -0.104. The van der Waals surface area contributed by atoms with Crippen LogP contribution in [0.15, 0.2) is 72.1 Å². The summed E-state index contributed by atoms with van der Waals surface area (Å²) >= 11 is 1.68. The Balaban J connectivity index is 1.59. The molecule has 0 aliphatic carbocycles. The van der Waals surface area contributed by atoms with Crippen molar-refractivity contribution in [2.75, 3.05) is 11.9 Å². The van der Waals surface area contributed by atoms with Crippen molar-refractivity contribution in [2.24, 2.45) is 0 Å². The van der Waals surface area contributed by atoms with E-state index in [9.17, 15) is 4.79 Å². The first kappa shape index (κ1) is 17.2. The Hall–Kier alpha value is -2.63. The second-order valence-electron chi connectivity index (χ2n) is 5.58. The Labute approximate surface area is 151 Å². The van der Waals surface area contributed by atoms with Crippen LogP contribution in [0.3, 0.4) is 0 Å². The van der Waals surface area contributed by atoms with Gasteiger partial charge in [-0.2, -0.15) is 0 Å². The predicted molar refractivity (Wildman–Crippen MR) is 102 cm³/mol. The van der Waals surface area contributed by atoms with E-state index in [4.69, 9.17) is 4.74 Å². The van der Waals surface area contributed by atoms with Crippen LogP contribution in [0.1, 0.15) is 17.8 Å². The van der Waals surface area contributed by atoms with Gasteiger partial charge in [-0.3, -0.25) is 4.79 Å². The minimum absolute atomic E-state index is 0.104. The molecule has 0 spiro atoms. The average Bonchev–Trinajstić information content (AvgIpc) is 3.17. The maximum absolute atomic E-state index is 12.3. The largest absolute Gasteiger partial charge is 0.455 e. The Bertz CT molecular complexity index is 804. The van der Waals surface area contributed by atoms with Gasteiger partial charge in [0.25, 0.3) is 0 Å². The van der Waals surface area contributed by atoms with Crippen molar-refractivity contribution < 1.29 is 9.53 Å². The molecule has 1 atom stereocenters. The summed E-state index contributed by atoms with van der Waals surface area (Å²) < 4.78 is 5.86. The summed E-state index contributed by atoms with van der Waals surface area (Å²) in [5.74, 6) is 1.24. The number of hydrogen-bond acceptors (Lipinski definition) is 4. The Kier molecular flexibility index (Phi) is 5.82. The first-order valence-corrected chi connectivity index (χ1v) is 8.99. The number of nitrogens with one attached hydrogen (secondary N) is 2. The summed E-state index contributed by atoms with van der Waals surface area (Å²) in [5.41, 5.74) is 0.655. The molecular formula is C20H20N2O2S. The zero-order valence-electron chi connectivity index (χ0n) is 13.9. The van der Waals surface area contributed by atoms with Crippen LogP contribution in [-0.4, -0.2) is 12.5 Å². The molecule has 1 aromatic heterocycles. The lowest BCUT2D eigenvalue weighted by atomic mass is 10.2. The molecule has 0 saturated carbocycles. The Morgan fingerprint density at radius 3 is 2.56 bits per heavy atom. The van der Waals surface area contributed by atoms with Gasteiger partial charge in [0.15, 0.2) is 5.75 Å². The van der Waals surface area contributed by atoms with Gasteiger partial charge < -0.3 is 15.4 Å². The third-order valence-corrected chi connectivity index (χ3v) is 4.73. The molecule has 0 fully saturated rings. The molecule has 0 bridgehead atoms. The van der Waals surface area contributed by atoms with Gasteiger partial charge in [-0.25, -0.2) is 0 Å². The van der Waals surface area contributed by atoms with Gasteiger partial charge in [-0.05, 0) is 42.6 Å². The second kappa shape index (κ2) is 8.46. The molecule has 3 aromatic rings. The van der Waals surface area contributed by atoms with E-state index < -0.39 is 0 Å². The fraction of sp³-hybridized carbons (Fsp3) is 0.150. The maximum Gasteiger partial charge on any atom is 0.238 e. The number of thiophene rings is 1. The summed E-state index contributed by atoms with van der Waals surface area (Å²) in [6.45, 7) is 2.28. The van der Waals surface area contributed by atoms with Gasteiger partial charge in [0, 0.05) is 10.9 Å². The first-order valence-electron chi connectivity index (χ1n) is 8.11. The minimum Gasteiger partial charge on any atom is -0.455 e. The molecule has 128 valence electrons. The zero-order chi connectivity index (χ0) is 17.5. The second-order valence-corrected chi connectivity index (χ2v) is 6.56. The van der Waals surface area contributed by atoms with Gasteiger partial charge >= 0.3 is 0 Å². The maximum atomic E-state index is 12.3. The number of anilines is 1. The normalized spacial score (nSPS) is 11.7. The monoisotopic (exact) mass is 352 g/mol. The molecule has 1 heterocycles. The number of carbonyl (C=O) groups excluding carboxylic acids is 1. The van der Waals surface area contributed by atoms with Gasteiger partial charge in [-0.1, -0.05) is 36.4 Å². The van der Waals surface area contributed by atoms with E-state index in [1.54, 1.807) is 11.3 Å². The first-order chi connectivity index (χ1) is 12.2. The quantitative estimate of drug-likeness (QED) is 0.640. The highest BCUT2D eigenvalue weighted by Gasteiger charge is 2.11. The van der Waals surface area contributed by atoms with Crippen molar-refractivity contribution in [3.8, 4) is 11.5 Å². The van der Waals surface area contributed by atoms with Crippen LogP contribution in [0.2, 0.25) is 0 Å². The fourth-order valence-corrected chi connectivity index (χ4v) is 3.11. The van der Waals surface area contributed by atoms with E-state index in [0.29, 0.717) is 11.4 Å². The molecule has 0 aliphatic rings. The van der Waals surface area contributed by atoms with E-state index in [2.05, 4.69) is 16.7 Å². The summed E-state index contributed by atoms with van der Waals surface area (Å²) in [6, 6.07) is 21.1. The highest BCUT2D eigenvalue weighted by molar-refractivity contribution is 7.10. The fourth-order valence-electron chi connectivity index (χ4n) is 2.35. The lowest BCUT2D eigenvalue weighted by Crippen LogP contribution is -2.29. The van der Waals surface area contributed by atoms with Crippen LogP contribution >= 0.6 is 11.3 Å². The molecule has 2 N–H and O–H groups in total. The SMILES string of the molecule is CC(NCC(=O)Nc1ccccc1Oc1ccccc1)c1cccs1. The highest BCUT2D eigenvalue weighted by atomic mass is 32.1. The molecule has 25 heavy (non-hydrogen) atoms. The number of rotatable bonds is 7. The number of amides is 1. The molecule has 0 aliphatic heterocycles. The van der Waals surface area contributed by atoms with E-state index in [1.165, 1.54) is 4.88 Å². The zero-order valence-corrected chi connectivity index (χ0v) is 14.8. The van der Waals surface area contributed by atoms with Crippen molar-refractivity contribution in [1.29, 1.82) is 0 Å². The average molecular weight is 352 g/mol. The molecule has 0 saturated heterocycles. The van der Waals surface area contributed by atoms with Crippen molar-refractivity contribution in [3.05, 3.63) is 77.0 Å². The summed E-state index contributed by atoms with van der Waals surface area (Å²) in [4.78, 5) is 13.5. The molecular weight excluding hydrogens is 332 g/mol. The summed E-state index contributed by atoms with van der Waals surface area (Å²) in [7, 11) is 0. The van der Waals surface area contributed by atoms with Crippen LogP contribution in [0.5, 0.6) is 11.5 Å². The standard InChI is InChI=1S/C20H20N2O2S/c1-15(19-12-7-13-25-19)21-14-20(23)22-17-10-5-6-11-18(17)24-16-8-3-2-4-9-16/h2-13,15,21H,14H2,1H3,(H,22,23). The third-order valence-electron chi connectivity index (χ3n) is 3.67. The van der Waals surface area contributed by atoms with E-state index in [1.807, 2.05) is 73.0 Å². The summed E-state index contributed by atoms with van der Waals surface area (Å²) in [6.07, 6.45) is 0. The molecule has 1 unspecified atom stereocenters. The van der Waals surface area contributed by atoms with Crippen molar-refractivity contribution in [1.82, 2.24) is 5.32 Å². The molecule has 1 amide bonds. The number of benzene rings is 2. The van der Waals surface area contributed by atoms with Crippen LogP contribution in [-0.2, 0) is 4.79 Å². The molecule has 2 aromatic carbocycles. The molecule has 3 rings (SSSR count).